The van der Waals surface area contributed by atoms with Crippen molar-refractivity contribution in [3.05, 3.63) is 70.5 Å². The van der Waals surface area contributed by atoms with E-state index in [-0.39, 0.29) is 37.7 Å². The average Bonchev–Trinajstić information content (AvgIpc) is 3.11. The van der Waals surface area contributed by atoms with E-state index in [9.17, 15) is 32.3 Å². The van der Waals surface area contributed by atoms with Gasteiger partial charge in [0.1, 0.15) is 11.9 Å². The number of alkyl halides is 2. The van der Waals surface area contributed by atoms with E-state index in [2.05, 4.69) is 5.32 Å². The summed E-state index contributed by atoms with van der Waals surface area (Å²) in [7, 11) is 1.38. The molecule has 10 heteroatoms. The number of amides is 4. The normalized spacial score (nSPS) is 18.5. The number of nitrogens with zero attached hydrogens (tertiary/aromatic N) is 2. The Morgan fingerprint density at radius 2 is 1.82 bits per heavy atom. The summed E-state index contributed by atoms with van der Waals surface area (Å²) in [6, 6.07) is 7.34. The number of hydrogen-bond acceptors (Lipinski definition) is 4. The molecule has 2 aliphatic heterocycles. The molecule has 4 rings (SSSR count). The van der Waals surface area contributed by atoms with E-state index in [1.54, 1.807) is 6.07 Å². The molecule has 4 amide bonds. The zero-order chi connectivity index (χ0) is 23.9. The fourth-order valence-corrected chi connectivity index (χ4v) is 4.03. The van der Waals surface area contributed by atoms with Crippen molar-refractivity contribution in [2.75, 3.05) is 7.05 Å². The highest BCUT2D eigenvalue weighted by Crippen LogP contribution is 2.30. The third kappa shape index (κ3) is 4.08. The number of likely N-dealkylation sites (tertiary alicyclic amines) is 1. The lowest BCUT2D eigenvalue weighted by Crippen LogP contribution is -2.53. The molecule has 0 aliphatic carbocycles. The molecule has 0 bridgehead atoms. The number of carbonyl (C=O) groups is 4. The van der Waals surface area contributed by atoms with Gasteiger partial charge in [-0.25, -0.2) is 4.39 Å². The highest BCUT2D eigenvalue weighted by molar-refractivity contribution is 6.05. The number of rotatable bonds is 5. The number of likely N-dealkylation sites (N-methyl/N-ethyl adjacent to an activating group) is 1. The van der Waals surface area contributed by atoms with Crippen molar-refractivity contribution < 1.29 is 32.3 Å². The first-order valence-electron chi connectivity index (χ1n) is 10.2. The third-order valence-corrected chi connectivity index (χ3v) is 5.94. The average molecular weight is 459 g/mol. The van der Waals surface area contributed by atoms with Gasteiger partial charge in [-0.05, 0) is 47.9 Å². The van der Waals surface area contributed by atoms with Crippen LogP contribution in [-0.2, 0) is 33.4 Å². The molecule has 7 nitrogen and oxygen atoms in total. The van der Waals surface area contributed by atoms with Gasteiger partial charge in [-0.2, -0.15) is 8.78 Å². The van der Waals surface area contributed by atoms with E-state index < -0.39 is 35.2 Å². The lowest BCUT2D eigenvalue weighted by molar-refractivity contribution is -0.150. The van der Waals surface area contributed by atoms with Gasteiger partial charge in [-0.3, -0.25) is 24.1 Å². The van der Waals surface area contributed by atoms with Crippen molar-refractivity contribution >= 4 is 23.6 Å². The lowest BCUT2D eigenvalue weighted by Gasteiger charge is -2.33. The third-order valence-electron chi connectivity index (χ3n) is 5.94. The van der Waals surface area contributed by atoms with Gasteiger partial charge >= 0.3 is 5.92 Å². The van der Waals surface area contributed by atoms with E-state index in [0.29, 0.717) is 16.7 Å². The molecule has 2 aromatic carbocycles. The predicted octanol–water partition coefficient (Wildman–Crippen LogP) is 2.34. The van der Waals surface area contributed by atoms with Crippen LogP contribution in [0.15, 0.2) is 42.5 Å². The molecule has 1 saturated heterocycles. The van der Waals surface area contributed by atoms with Crippen molar-refractivity contribution in [3.63, 3.8) is 0 Å². The molecular formula is C23H20F3N3O4. The second-order valence-electron chi connectivity index (χ2n) is 8.03. The Morgan fingerprint density at radius 3 is 2.52 bits per heavy atom. The second kappa shape index (κ2) is 8.34. The van der Waals surface area contributed by atoms with Gasteiger partial charge in [0.25, 0.3) is 17.7 Å². The summed E-state index contributed by atoms with van der Waals surface area (Å²) in [5.74, 6) is -7.15. The first-order chi connectivity index (χ1) is 15.6. The quantitative estimate of drug-likeness (QED) is 0.696. The van der Waals surface area contributed by atoms with Crippen molar-refractivity contribution in [3.8, 4) is 0 Å². The summed E-state index contributed by atoms with van der Waals surface area (Å²) >= 11 is 0. The van der Waals surface area contributed by atoms with Gasteiger partial charge in [-0.1, -0.05) is 12.1 Å². The van der Waals surface area contributed by atoms with Crippen LogP contribution in [0, 0.1) is 5.82 Å². The summed E-state index contributed by atoms with van der Waals surface area (Å²) in [6.45, 7) is -0.0726. The van der Waals surface area contributed by atoms with Crippen molar-refractivity contribution in [2.24, 2.45) is 0 Å². The van der Waals surface area contributed by atoms with Crippen LogP contribution in [0.5, 0.6) is 0 Å². The molecule has 2 heterocycles. The summed E-state index contributed by atoms with van der Waals surface area (Å²) < 4.78 is 41.7. The number of nitrogens with one attached hydrogen (secondary N) is 1. The van der Waals surface area contributed by atoms with E-state index in [1.165, 1.54) is 24.1 Å². The number of carbonyl (C=O) groups excluding carboxylic acids is 4. The monoisotopic (exact) mass is 459 g/mol. The van der Waals surface area contributed by atoms with Crippen LogP contribution in [0.25, 0.3) is 0 Å². The Balaban J connectivity index is 1.44. The van der Waals surface area contributed by atoms with Crippen molar-refractivity contribution in [1.82, 2.24) is 15.1 Å². The molecule has 0 radical (unpaired) electrons. The maximum Gasteiger partial charge on any atom is 0.349 e. The maximum atomic E-state index is 14.4. The molecule has 1 fully saturated rings. The van der Waals surface area contributed by atoms with E-state index >= 15 is 0 Å². The molecule has 0 aromatic heterocycles. The zero-order valence-corrected chi connectivity index (χ0v) is 17.6. The Bertz CT molecular complexity index is 1150. The van der Waals surface area contributed by atoms with Gasteiger partial charge in [0.2, 0.25) is 5.91 Å². The largest absolute Gasteiger partial charge is 0.349 e. The number of hydrogen-bond donors (Lipinski definition) is 1. The zero-order valence-electron chi connectivity index (χ0n) is 17.6. The number of halogens is 3. The minimum Gasteiger partial charge on any atom is -0.346 e. The summed E-state index contributed by atoms with van der Waals surface area (Å²) in [6.07, 6.45) is 0.399. The molecule has 2 aromatic rings. The minimum absolute atomic E-state index is 0.139. The highest BCUT2D eigenvalue weighted by Gasteiger charge is 2.42. The number of fused-ring (bicyclic) bond motifs is 1. The van der Waals surface area contributed by atoms with Crippen LogP contribution in [0.2, 0.25) is 0 Å². The molecule has 1 unspecified atom stereocenters. The highest BCUT2D eigenvalue weighted by atomic mass is 19.3. The van der Waals surface area contributed by atoms with E-state index in [1.807, 2.05) is 0 Å². The van der Waals surface area contributed by atoms with Crippen LogP contribution in [-0.4, -0.2) is 46.5 Å². The molecule has 172 valence electrons. The second-order valence-corrected chi connectivity index (χ2v) is 8.03. The SMILES string of the molecule is CN1C(=O)CCC(N2Cc3cc(CNC(=O)C(F)(F)c4ccc(F)cc4)ccc3C2=O)C1=O. The van der Waals surface area contributed by atoms with Gasteiger partial charge in [0, 0.05) is 37.7 Å². The summed E-state index contributed by atoms with van der Waals surface area (Å²) in [4.78, 5) is 51.5. The lowest BCUT2D eigenvalue weighted by atomic mass is 10.0. The Kier molecular flexibility index (Phi) is 5.69. The van der Waals surface area contributed by atoms with Gasteiger partial charge in [0.15, 0.2) is 0 Å². The fraction of sp³-hybridized carbons (Fsp3) is 0.304. The summed E-state index contributed by atoms with van der Waals surface area (Å²) in [5.41, 5.74) is 0.851. The van der Waals surface area contributed by atoms with E-state index in [4.69, 9.17) is 0 Å². The van der Waals surface area contributed by atoms with Crippen molar-refractivity contribution in [2.45, 2.75) is 37.9 Å². The molecule has 1 atom stereocenters. The maximum absolute atomic E-state index is 14.4. The molecule has 1 N–H and O–H groups in total. The van der Waals surface area contributed by atoms with Crippen LogP contribution < -0.4 is 5.32 Å². The van der Waals surface area contributed by atoms with Crippen LogP contribution in [0.4, 0.5) is 13.2 Å². The molecular weight excluding hydrogens is 439 g/mol. The van der Waals surface area contributed by atoms with Gasteiger partial charge < -0.3 is 10.2 Å². The molecule has 0 saturated carbocycles. The number of piperidine rings is 1. The number of imide groups is 1. The van der Waals surface area contributed by atoms with Gasteiger partial charge in [0.05, 0.1) is 0 Å². The summed E-state index contributed by atoms with van der Waals surface area (Å²) in [5, 5.41) is 2.17. The predicted molar refractivity (Wildman–Crippen MR) is 109 cm³/mol. The standard InChI is InChI=1S/C23H20F3N3O4/c1-28-19(30)9-8-18(21(28)32)29-12-14-10-13(2-7-17(14)20(29)31)11-27-22(33)23(25,26)15-3-5-16(24)6-4-15/h2-7,10,18H,8-9,11-12H2,1H3,(H,27,33). The fourth-order valence-electron chi connectivity index (χ4n) is 4.03. The van der Waals surface area contributed by atoms with Crippen LogP contribution >= 0.6 is 0 Å². The molecule has 0 spiro atoms. The first-order valence-corrected chi connectivity index (χ1v) is 10.2. The Labute approximate surface area is 187 Å². The Hall–Kier alpha value is -3.69. The van der Waals surface area contributed by atoms with Crippen LogP contribution in [0.3, 0.4) is 0 Å². The Morgan fingerprint density at radius 1 is 1.12 bits per heavy atom. The van der Waals surface area contributed by atoms with E-state index in [0.717, 1.165) is 29.2 Å². The molecule has 33 heavy (non-hydrogen) atoms. The first kappa shape index (κ1) is 22.5. The van der Waals surface area contributed by atoms with Crippen LogP contribution in [0.1, 0.15) is 39.9 Å². The minimum atomic E-state index is -3.85. The van der Waals surface area contributed by atoms with Gasteiger partial charge in [-0.15, -0.1) is 0 Å². The molecule has 2 aliphatic rings. The topological polar surface area (TPSA) is 86.8 Å². The smallest absolute Gasteiger partial charge is 0.346 e. The number of benzene rings is 2. The van der Waals surface area contributed by atoms with Crippen molar-refractivity contribution in [1.29, 1.82) is 0 Å².